The summed E-state index contributed by atoms with van der Waals surface area (Å²) in [5.41, 5.74) is 1.64. The predicted molar refractivity (Wildman–Crippen MR) is 95.8 cm³/mol. The monoisotopic (exact) mass is 390 g/mol. The molecule has 3 aromatic rings. The quantitative estimate of drug-likeness (QED) is 0.386. The molecule has 2 heterocycles. The van der Waals surface area contributed by atoms with Gasteiger partial charge in [-0.3, -0.25) is 15.1 Å². The fourth-order valence-electron chi connectivity index (χ4n) is 2.05. The van der Waals surface area contributed by atoms with Crippen molar-refractivity contribution in [2.45, 2.75) is 18.7 Å². The van der Waals surface area contributed by atoms with Gasteiger partial charge in [0.1, 0.15) is 4.92 Å². The topological polar surface area (TPSA) is 141 Å². The molecular weight excluding hydrogens is 376 g/mol. The van der Waals surface area contributed by atoms with Crippen molar-refractivity contribution in [1.29, 1.82) is 0 Å². The van der Waals surface area contributed by atoms with E-state index in [-0.39, 0.29) is 22.4 Å². The van der Waals surface area contributed by atoms with E-state index in [1.54, 1.807) is 13.8 Å². The van der Waals surface area contributed by atoms with Gasteiger partial charge in [-0.2, -0.15) is 0 Å². The van der Waals surface area contributed by atoms with Crippen LogP contribution in [0, 0.1) is 24.0 Å². The maximum Gasteiger partial charge on any atom is 0.433 e. The van der Waals surface area contributed by atoms with E-state index in [1.807, 2.05) is 0 Å². The van der Waals surface area contributed by atoms with Crippen LogP contribution < -0.4 is 4.72 Å². The Balaban J connectivity index is 1.74. The van der Waals surface area contributed by atoms with Gasteiger partial charge in [-0.1, -0.05) is 5.16 Å². The number of benzene rings is 1. The highest BCUT2D eigenvalue weighted by Crippen LogP contribution is 2.23. The van der Waals surface area contributed by atoms with E-state index >= 15 is 0 Å². The van der Waals surface area contributed by atoms with Crippen LogP contribution in [0.15, 0.2) is 55.2 Å². The van der Waals surface area contributed by atoms with Crippen LogP contribution in [0.2, 0.25) is 0 Å². The van der Waals surface area contributed by atoms with Crippen molar-refractivity contribution in [2.24, 2.45) is 4.99 Å². The smallest absolute Gasteiger partial charge is 0.400 e. The Labute approximate surface area is 153 Å². The van der Waals surface area contributed by atoms with Crippen LogP contribution in [-0.2, 0) is 10.0 Å². The van der Waals surface area contributed by atoms with E-state index in [4.69, 9.17) is 8.94 Å². The van der Waals surface area contributed by atoms with Crippen LogP contribution in [0.3, 0.4) is 0 Å². The van der Waals surface area contributed by atoms with Crippen molar-refractivity contribution in [2.75, 3.05) is 4.72 Å². The molecule has 140 valence electrons. The Hall–Kier alpha value is -3.47. The number of furan rings is 1. The first-order valence-electron chi connectivity index (χ1n) is 7.60. The number of hydrogen-bond acceptors (Lipinski definition) is 8. The van der Waals surface area contributed by atoms with Gasteiger partial charge >= 0.3 is 5.88 Å². The second kappa shape index (κ2) is 7.03. The highest BCUT2D eigenvalue weighted by molar-refractivity contribution is 7.92. The third-order valence-corrected chi connectivity index (χ3v) is 5.01. The maximum atomic E-state index is 12.4. The zero-order valence-electron chi connectivity index (χ0n) is 14.2. The van der Waals surface area contributed by atoms with Gasteiger partial charge in [0.15, 0.2) is 5.76 Å². The number of aryl methyl sites for hydroxylation is 1. The van der Waals surface area contributed by atoms with Crippen molar-refractivity contribution in [3.8, 4) is 0 Å². The molecule has 0 atom stereocenters. The van der Waals surface area contributed by atoms with Crippen molar-refractivity contribution < 1.29 is 22.3 Å². The van der Waals surface area contributed by atoms with Crippen LogP contribution in [0.4, 0.5) is 17.5 Å². The van der Waals surface area contributed by atoms with Gasteiger partial charge in [-0.05, 0) is 44.2 Å². The summed E-state index contributed by atoms with van der Waals surface area (Å²) in [6, 6.07) is 8.35. The normalized spacial score (nSPS) is 11.8. The van der Waals surface area contributed by atoms with Crippen LogP contribution >= 0.6 is 0 Å². The minimum absolute atomic E-state index is 0.0172. The largest absolute Gasteiger partial charge is 0.433 e. The summed E-state index contributed by atoms with van der Waals surface area (Å²) < 4.78 is 37.1. The Kier molecular flexibility index (Phi) is 4.77. The van der Waals surface area contributed by atoms with E-state index in [9.17, 15) is 18.5 Å². The zero-order chi connectivity index (χ0) is 19.6. The van der Waals surface area contributed by atoms with Gasteiger partial charge in [-0.25, -0.2) is 13.1 Å². The first kappa shape index (κ1) is 18.3. The molecule has 1 N–H and O–H groups in total. The van der Waals surface area contributed by atoms with E-state index in [0.29, 0.717) is 16.9 Å². The molecule has 2 aromatic heterocycles. The molecule has 0 aliphatic heterocycles. The van der Waals surface area contributed by atoms with E-state index < -0.39 is 14.9 Å². The highest BCUT2D eigenvalue weighted by atomic mass is 32.2. The second-order valence-corrected chi connectivity index (χ2v) is 7.20. The molecule has 27 heavy (non-hydrogen) atoms. The third kappa shape index (κ3) is 4.03. The van der Waals surface area contributed by atoms with E-state index in [2.05, 4.69) is 14.9 Å². The number of nitrogens with one attached hydrogen (secondary N) is 1. The van der Waals surface area contributed by atoms with Gasteiger partial charge < -0.3 is 8.94 Å². The zero-order valence-corrected chi connectivity index (χ0v) is 15.1. The summed E-state index contributed by atoms with van der Waals surface area (Å²) in [6.45, 7) is 3.40. The molecule has 0 radical (unpaired) electrons. The van der Waals surface area contributed by atoms with Crippen LogP contribution in [0.1, 0.15) is 17.0 Å². The van der Waals surface area contributed by atoms with Crippen molar-refractivity contribution in [1.82, 2.24) is 5.16 Å². The van der Waals surface area contributed by atoms with E-state index in [0.717, 1.165) is 0 Å². The summed E-state index contributed by atoms with van der Waals surface area (Å²) in [7, 11) is -3.84. The molecule has 3 rings (SSSR count). The molecule has 0 bridgehead atoms. The lowest BCUT2D eigenvalue weighted by molar-refractivity contribution is -0.402. The fraction of sp³-hybridized carbons (Fsp3) is 0.125. The number of anilines is 1. The number of aromatic nitrogens is 1. The van der Waals surface area contributed by atoms with Gasteiger partial charge in [-0.15, -0.1) is 0 Å². The Morgan fingerprint density at radius 3 is 2.44 bits per heavy atom. The molecule has 0 saturated carbocycles. The van der Waals surface area contributed by atoms with Crippen molar-refractivity contribution in [3.63, 3.8) is 0 Å². The molecule has 10 nitrogen and oxygen atoms in total. The molecular formula is C16H14N4O6S. The minimum atomic E-state index is -3.84. The molecule has 0 aliphatic carbocycles. The number of rotatable bonds is 6. The summed E-state index contributed by atoms with van der Waals surface area (Å²) in [6.07, 6.45) is 1.30. The molecule has 0 aliphatic rings. The number of sulfonamides is 1. The number of hydrogen-bond donors (Lipinski definition) is 1. The van der Waals surface area contributed by atoms with Crippen molar-refractivity contribution in [3.05, 3.63) is 63.5 Å². The molecule has 11 heteroatoms. The lowest BCUT2D eigenvalue weighted by atomic mass is 10.3. The maximum absolute atomic E-state index is 12.4. The Morgan fingerprint density at radius 1 is 1.19 bits per heavy atom. The number of nitro groups is 1. The molecule has 0 fully saturated rings. The number of aliphatic imine (C=N–C) groups is 1. The predicted octanol–water partition coefficient (Wildman–Crippen LogP) is 3.34. The molecule has 1 aromatic carbocycles. The highest BCUT2D eigenvalue weighted by Gasteiger charge is 2.19. The van der Waals surface area contributed by atoms with Crippen LogP contribution in [0.25, 0.3) is 0 Å². The third-order valence-electron chi connectivity index (χ3n) is 3.66. The SMILES string of the molecule is Cc1noc(NS(=O)(=O)c2ccc(N=Cc3ccc([N+](=O)[O-])o3)cc2)c1C. The Bertz CT molecular complexity index is 1110. The van der Waals surface area contributed by atoms with Gasteiger partial charge in [0.05, 0.1) is 28.6 Å². The first-order chi connectivity index (χ1) is 12.8. The van der Waals surface area contributed by atoms with Crippen LogP contribution in [0.5, 0.6) is 0 Å². The lowest BCUT2D eigenvalue weighted by Gasteiger charge is -2.05. The Morgan fingerprint density at radius 2 is 1.89 bits per heavy atom. The fourth-order valence-corrected chi connectivity index (χ4v) is 3.10. The second-order valence-electron chi connectivity index (χ2n) is 5.51. The number of nitrogens with zero attached hydrogens (tertiary/aromatic N) is 3. The van der Waals surface area contributed by atoms with Gasteiger partial charge in [0, 0.05) is 5.56 Å². The van der Waals surface area contributed by atoms with Gasteiger partial charge in [0.2, 0.25) is 5.88 Å². The molecule has 0 saturated heterocycles. The standard InChI is InChI=1S/C16H14N4O6S/c1-10-11(2)18-26-16(10)19-27(23,24)14-6-3-12(4-7-14)17-9-13-5-8-15(25-13)20(21)22/h3-9,19H,1-2H3. The summed E-state index contributed by atoms with van der Waals surface area (Å²) in [5, 5.41) is 14.3. The minimum Gasteiger partial charge on any atom is -0.400 e. The van der Waals surface area contributed by atoms with Crippen molar-refractivity contribution >= 4 is 33.7 Å². The van der Waals surface area contributed by atoms with E-state index in [1.165, 1.54) is 42.6 Å². The molecule has 0 spiro atoms. The average Bonchev–Trinajstić information content (AvgIpc) is 3.23. The molecule has 0 unspecified atom stereocenters. The van der Waals surface area contributed by atoms with Crippen LogP contribution in [-0.4, -0.2) is 24.7 Å². The average molecular weight is 390 g/mol. The first-order valence-corrected chi connectivity index (χ1v) is 9.08. The summed E-state index contributed by atoms with van der Waals surface area (Å²) in [4.78, 5) is 14.0. The summed E-state index contributed by atoms with van der Waals surface area (Å²) >= 11 is 0. The summed E-state index contributed by atoms with van der Waals surface area (Å²) in [5.74, 6) is -0.118. The molecule has 0 amide bonds. The lowest BCUT2D eigenvalue weighted by Crippen LogP contribution is -2.12. The van der Waals surface area contributed by atoms with Gasteiger partial charge in [0.25, 0.3) is 10.0 Å².